The molecule has 2 heterocycles. The minimum atomic E-state index is -0.241. The fraction of sp³-hybridized carbons (Fsp3) is 0.450. The molecule has 0 bridgehead atoms. The number of aliphatic hydroxyl groups excluding tert-OH is 1. The lowest BCUT2D eigenvalue weighted by molar-refractivity contribution is 0.141. The van der Waals surface area contributed by atoms with Crippen LogP contribution in [0, 0.1) is 5.92 Å². The van der Waals surface area contributed by atoms with Gasteiger partial charge in [-0.1, -0.05) is 35.9 Å². The van der Waals surface area contributed by atoms with E-state index in [1.54, 1.807) is 0 Å². The van der Waals surface area contributed by atoms with Gasteiger partial charge in [-0.05, 0) is 38.8 Å². The van der Waals surface area contributed by atoms with Crippen LogP contribution in [0.25, 0.3) is 10.9 Å². The summed E-state index contributed by atoms with van der Waals surface area (Å²) in [4.78, 5) is 7.12. The van der Waals surface area contributed by atoms with E-state index in [1.807, 2.05) is 12.1 Å². The van der Waals surface area contributed by atoms with Crippen LogP contribution in [-0.2, 0) is 6.42 Å². The number of rotatable bonds is 5. The van der Waals surface area contributed by atoms with Crippen molar-refractivity contribution in [3.63, 3.8) is 0 Å². The Kier molecular flexibility index (Phi) is 5.09. The maximum Gasteiger partial charge on any atom is 0.0711 e. The summed E-state index contributed by atoms with van der Waals surface area (Å²) in [6, 6.07) is 12.4. The summed E-state index contributed by atoms with van der Waals surface area (Å²) in [6.45, 7) is 7.05. The molecule has 0 radical (unpaired) electrons. The van der Waals surface area contributed by atoms with Crippen molar-refractivity contribution in [1.29, 1.82) is 0 Å². The molecular formula is C20H26N2O. The monoisotopic (exact) mass is 310 g/mol. The molecule has 0 unspecified atom stereocenters. The number of aliphatic hydroxyl groups is 1. The molecule has 2 aromatic rings. The lowest BCUT2D eigenvalue weighted by Gasteiger charge is -2.14. The van der Waals surface area contributed by atoms with E-state index in [4.69, 9.17) is 4.98 Å². The fourth-order valence-corrected chi connectivity index (χ4v) is 3.35. The zero-order chi connectivity index (χ0) is 16.2. The maximum atomic E-state index is 10.4. The van der Waals surface area contributed by atoms with E-state index in [-0.39, 0.29) is 12.0 Å². The van der Waals surface area contributed by atoms with E-state index >= 15 is 0 Å². The number of fused-ring (bicyclic) bond motifs is 1. The van der Waals surface area contributed by atoms with Gasteiger partial charge in [0.25, 0.3) is 0 Å². The molecule has 1 aromatic heterocycles. The Morgan fingerprint density at radius 3 is 2.87 bits per heavy atom. The number of para-hydroxylation sites is 1. The second-order valence-corrected chi connectivity index (χ2v) is 6.86. The molecule has 2 atom stereocenters. The highest BCUT2D eigenvalue weighted by molar-refractivity contribution is 5.78. The van der Waals surface area contributed by atoms with E-state index in [0.29, 0.717) is 0 Å². The van der Waals surface area contributed by atoms with E-state index in [2.05, 4.69) is 49.1 Å². The third kappa shape index (κ3) is 4.18. The molecule has 23 heavy (non-hydrogen) atoms. The molecule has 3 rings (SSSR count). The van der Waals surface area contributed by atoms with Gasteiger partial charge >= 0.3 is 0 Å². The van der Waals surface area contributed by atoms with E-state index < -0.39 is 0 Å². The smallest absolute Gasteiger partial charge is 0.0711 e. The quantitative estimate of drug-likeness (QED) is 0.860. The Hall–Kier alpha value is -1.71. The largest absolute Gasteiger partial charge is 0.391 e. The van der Waals surface area contributed by atoms with Gasteiger partial charge in [-0.2, -0.15) is 0 Å². The molecule has 1 N–H and O–H groups in total. The first kappa shape index (κ1) is 16.2. The molecule has 0 amide bonds. The van der Waals surface area contributed by atoms with Crippen LogP contribution in [0.2, 0.25) is 0 Å². The number of hydrogen-bond donors (Lipinski definition) is 1. The normalized spacial score (nSPS) is 21.7. The lowest BCUT2D eigenvalue weighted by atomic mass is 9.99. The molecule has 1 saturated heterocycles. The van der Waals surface area contributed by atoms with Gasteiger partial charge in [-0.25, -0.2) is 0 Å². The van der Waals surface area contributed by atoms with Crippen molar-refractivity contribution in [1.82, 2.24) is 9.88 Å². The van der Waals surface area contributed by atoms with Crippen molar-refractivity contribution in [3.8, 4) is 0 Å². The Labute approximate surface area is 138 Å². The Morgan fingerprint density at radius 2 is 2.04 bits per heavy atom. The number of benzene rings is 1. The van der Waals surface area contributed by atoms with E-state index in [0.717, 1.165) is 43.7 Å². The second kappa shape index (κ2) is 7.24. The van der Waals surface area contributed by atoms with Crippen molar-refractivity contribution in [2.45, 2.75) is 32.8 Å². The molecule has 0 spiro atoms. The average Bonchev–Trinajstić information content (AvgIpc) is 2.87. The molecule has 3 heteroatoms. The zero-order valence-electron chi connectivity index (χ0n) is 14.1. The maximum absolute atomic E-state index is 10.4. The third-order valence-electron chi connectivity index (χ3n) is 4.61. The number of β-amino-alcohol motifs (C(OH)–C–C–N with tert-alkyl or cyclic N) is 1. The Morgan fingerprint density at radius 1 is 1.22 bits per heavy atom. The molecule has 3 nitrogen and oxygen atoms in total. The van der Waals surface area contributed by atoms with Crippen LogP contribution in [0.4, 0.5) is 0 Å². The summed E-state index contributed by atoms with van der Waals surface area (Å²) >= 11 is 0. The lowest BCUT2D eigenvalue weighted by Crippen LogP contribution is -2.22. The van der Waals surface area contributed by atoms with Gasteiger partial charge < -0.3 is 10.0 Å². The molecule has 0 saturated carbocycles. The van der Waals surface area contributed by atoms with Crippen molar-refractivity contribution in [2.24, 2.45) is 5.92 Å². The standard InChI is InChI=1S/C20H26N2O/c1-15(2)6-5-11-22-13-17(20(23)14-22)12-18-10-9-16-7-3-4-8-19(16)21-18/h3-4,6-10,17,20,23H,5,11-14H2,1-2H3/t17-,20-/m1/s1. The molecular weight excluding hydrogens is 284 g/mol. The highest BCUT2D eigenvalue weighted by Crippen LogP contribution is 2.22. The second-order valence-electron chi connectivity index (χ2n) is 6.86. The van der Waals surface area contributed by atoms with Crippen LogP contribution in [-0.4, -0.2) is 40.7 Å². The first-order valence-electron chi connectivity index (χ1n) is 8.50. The van der Waals surface area contributed by atoms with Gasteiger partial charge in [0.15, 0.2) is 0 Å². The van der Waals surface area contributed by atoms with E-state index in [9.17, 15) is 5.11 Å². The predicted molar refractivity (Wildman–Crippen MR) is 95.4 cm³/mol. The molecule has 1 aliphatic heterocycles. The van der Waals surface area contributed by atoms with Crippen molar-refractivity contribution in [2.75, 3.05) is 19.6 Å². The number of aromatic nitrogens is 1. The first-order chi connectivity index (χ1) is 11.1. The number of likely N-dealkylation sites (tertiary alicyclic amines) is 1. The van der Waals surface area contributed by atoms with Crippen LogP contribution in [0.1, 0.15) is 26.0 Å². The van der Waals surface area contributed by atoms with Gasteiger partial charge in [0.1, 0.15) is 0 Å². The molecule has 0 aliphatic carbocycles. The zero-order valence-corrected chi connectivity index (χ0v) is 14.1. The summed E-state index contributed by atoms with van der Waals surface area (Å²) in [7, 11) is 0. The number of hydrogen-bond acceptors (Lipinski definition) is 3. The van der Waals surface area contributed by atoms with Crippen molar-refractivity contribution in [3.05, 3.63) is 53.7 Å². The number of pyridine rings is 1. The van der Waals surface area contributed by atoms with Crippen LogP contribution >= 0.6 is 0 Å². The highest BCUT2D eigenvalue weighted by atomic mass is 16.3. The average molecular weight is 310 g/mol. The first-order valence-corrected chi connectivity index (χ1v) is 8.50. The summed E-state index contributed by atoms with van der Waals surface area (Å²) in [5.74, 6) is 0.287. The summed E-state index contributed by atoms with van der Waals surface area (Å²) in [5, 5.41) is 11.5. The third-order valence-corrected chi connectivity index (χ3v) is 4.61. The molecule has 1 aliphatic rings. The van der Waals surface area contributed by atoms with Gasteiger partial charge in [0, 0.05) is 36.6 Å². The topological polar surface area (TPSA) is 36.4 Å². The Bertz CT molecular complexity index is 691. The van der Waals surface area contributed by atoms with Gasteiger partial charge in [-0.3, -0.25) is 4.98 Å². The number of nitrogens with zero attached hydrogens (tertiary/aromatic N) is 2. The predicted octanol–water partition coefficient (Wildman–Crippen LogP) is 3.43. The van der Waals surface area contributed by atoms with E-state index in [1.165, 1.54) is 11.0 Å². The molecule has 122 valence electrons. The van der Waals surface area contributed by atoms with Gasteiger partial charge in [0.05, 0.1) is 11.6 Å². The molecule has 1 fully saturated rings. The Balaban J connectivity index is 1.61. The van der Waals surface area contributed by atoms with Crippen molar-refractivity contribution >= 4 is 10.9 Å². The molecule has 1 aromatic carbocycles. The summed E-state index contributed by atoms with van der Waals surface area (Å²) in [5.41, 5.74) is 3.48. The SMILES string of the molecule is CC(C)=CCCN1C[C@@H](Cc2ccc3ccccc3n2)[C@H](O)C1. The van der Waals surface area contributed by atoms with Crippen molar-refractivity contribution < 1.29 is 5.11 Å². The fourth-order valence-electron chi connectivity index (χ4n) is 3.35. The summed E-state index contributed by atoms with van der Waals surface area (Å²) < 4.78 is 0. The van der Waals surface area contributed by atoms with Crippen LogP contribution in [0.3, 0.4) is 0 Å². The van der Waals surface area contributed by atoms with Crippen LogP contribution < -0.4 is 0 Å². The van der Waals surface area contributed by atoms with Crippen LogP contribution in [0.5, 0.6) is 0 Å². The van der Waals surface area contributed by atoms with Crippen LogP contribution in [0.15, 0.2) is 48.0 Å². The van der Waals surface area contributed by atoms with Gasteiger partial charge in [-0.15, -0.1) is 0 Å². The minimum absolute atomic E-state index is 0.241. The highest BCUT2D eigenvalue weighted by Gasteiger charge is 2.31. The summed E-state index contributed by atoms with van der Waals surface area (Å²) in [6.07, 6.45) is 3.95. The minimum Gasteiger partial charge on any atom is -0.391 e. The number of allylic oxidation sites excluding steroid dienone is 1. The van der Waals surface area contributed by atoms with Gasteiger partial charge in [0.2, 0.25) is 0 Å².